The van der Waals surface area contributed by atoms with Crippen molar-refractivity contribution in [1.82, 2.24) is 9.80 Å². The summed E-state index contributed by atoms with van der Waals surface area (Å²) < 4.78 is 0. The Labute approximate surface area is 153 Å². The van der Waals surface area contributed by atoms with Gasteiger partial charge in [-0.15, -0.1) is 0 Å². The molecular formula is C18H24Cl2N2O2. The van der Waals surface area contributed by atoms with Gasteiger partial charge in [0.2, 0.25) is 5.91 Å². The predicted molar refractivity (Wildman–Crippen MR) is 96.6 cm³/mol. The summed E-state index contributed by atoms with van der Waals surface area (Å²) in [6, 6.07) is 5.20. The zero-order valence-electron chi connectivity index (χ0n) is 13.8. The molecule has 0 saturated carbocycles. The van der Waals surface area contributed by atoms with Crippen molar-refractivity contribution in [3.63, 3.8) is 0 Å². The average molecular weight is 371 g/mol. The second kappa shape index (κ2) is 8.05. The van der Waals surface area contributed by atoms with Crippen LogP contribution >= 0.6 is 23.2 Å². The maximum absolute atomic E-state index is 12.8. The fourth-order valence-electron chi connectivity index (χ4n) is 3.72. The van der Waals surface area contributed by atoms with E-state index in [1.165, 1.54) is 12.8 Å². The van der Waals surface area contributed by atoms with Gasteiger partial charge in [0.25, 0.3) is 0 Å². The molecule has 0 bridgehead atoms. The minimum Gasteiger partial charge on any atom is -0.391 e. The van der Waals surface area contributed by atoms with Gasteiger partial charge < -0.3 is 14.9 Å². The van der Waals surface area contributed by atoms with Crippen molar-refractivity contribution in [2.45, 2.75) is 44.2 Å². The van der Waals surface area contributed by atoms with Crippen LogP contribution in [0.25, 0.3) is 0 Å². The molecule has 0 aromatic heterocycles. The monoisotopic (exact) mass is 370 g/mol. The van der Waals surface area contributed by atoms with Crippen molar-refractivity contribution in [3.8, 4) is 0 Å². The predicted octanol–water partition coefficient (Wildman–Crippen LogP) is 2.98. The van der Waals surface area contributed by atoms with Crippen molar-refractivity contribution < 1.29 is 9.90 Å². The van der Waals surface area contributed by atoms with E-state index < -0.39 is 6.10 Å². The molecule has 2 aliphatic rings. The van der Waals surface area contributed by atoms with Gasteiger partial charge in [0.15, 0.2) is 0 Å². The van der Waals surface area contributed by atoms with Crippen LogP contribution in [0.3, 0.4) is 0 Å². The van der Waals surface area contributed by atoms with Crippen LogP contribution in [-0.2, 0) is 11.2 Å². The lowest BCUT2D eigenvalue weighted by Gasteiger charge is -2.41. The highest BCUT2D eigenvalue weighted by Gasteiger charge is 2.34. The average Bonchev–Trinajstić information content (AvgIpc) is 3.06. The van der Waals surface area contributed by atoms with Crippen molar-refractivity contribution in [2.75, 3.05) is 26.2 Å². The molecule has 1 amide bonds. The number of benzene rings is 1. The van der Waals surface area contributed by atoms with E-state index in [0.717, 1.165) is 44.6 Å². The smallest absolute Gasteiger partial charge is 0.227 e. The molecule has 2 heterocycles. The molecule has 0 aliphatic carbocycles. The highest BCUT2D eigenvalue weighted by molar-refractivity contribution is 6.42. The first-order valence-electron chi connectivity index (χ1n) is 8.68. The van der Waals surface area contributed by atoms with Crippen LogP contribution in [-0.4, -0.2) is 59.1 Å². The Hall–Kier alpha value is -0.810. The summed E-state index contributed by atoms with van der Waals surface area (Å²) in [5, 5.41) is 11.4. The molecule has 6 heteroatoms. The first kappa shape index (κ1) is 18.0. The summed E-state index contributed by atoms with van der Waals surface area (Å²) in [6.45, 7) is 3.63. The van der Waals surface area contributed by atoms with E-state index in [1.807, 2.05) is 11.0 Å². The number of rotatable bonds is 4. The van der Waals surface area contributed by atoms with E-state index in [1.54, 1.807) is 12.1 Å². The molecule has 2 unspecified atom stereocenters. The maximum atomic E-state index is 12.8. The normalized spacial score (nSPS) is 25.2. The van der Waals surface area contributed by atoms with Gasteiger partial charge in [0.05, 0.1) is 28.6 Å². The lowest BCUT2D eigenvalue weighted by molar-refractivity contribution is -0.138. The molecule has 2 fully saturated rings. The summed E-state index contributed by atoms with van der Waals surface area (Å²) in [4.78, 5) is 17.0. The van der Waals surface area contributed by atoms with E-state index in [0.29, 0.717) is 16.5 Å². The minimum atomic E-state index is -0.433. The molecule has 0 radical (unpaired) electrons. The lowest BCUT2D eigenvalue weighted by atomic mass is 9.97. The molecule has 2 aliphatic heterocycles. The van der Waals surface area contributed by atoms with Crippen molar-refractivity contribution in [2.24, 2.45) is 0 Å². The number of aliphatic hydroxyl groups excluding tert-OH is 1. The van der Waals surface area contributed by atoms with Gasteiger partial charge in [-0.3, -0.25) is 4.79 Å². The molecule has 1 aromatic carbocycles. The number of amides is 1. The third-order valence-corrected chi connectivity index (χ3v) is 5.79. The molecule has 1 aromatic rings. The number of hydrogen-bond donors (Lipinski definition) is 1. The van der Waals surface area contributed by atoms with Gasteiger partial charge in [-0.25, -0.2) is 0 Å². The van der Waals surface area contributed by atoms with Crippen LogP contribution in [0.15, 0.2) is 18.2 Å². The van der Waals surface area contributed by atoms with Crippen molar-refractivity contribution in [3.05, 3.63) is 33.8 Å². The van der Waals surface area contributed by atoms with E-state index >= 15 is 0 Å². The number of aliphatic hydroxyl groups is 1. The van der Waals surface area contributed by atoms with Gasteiger partial charge in [0, 0.05) is 13.1 Å². The number of likely N-dealkylation sites (tertiary alicyclic amines) is 2. The van der Waals surface area contributed by atoms with Crippen LogP contribution in [0.2, 0.25) is 10.0 Å². The zero-order chi connectivity index (χ0) is 17.1. The van der Waals surface area contributed by atoms with Crippen LogP contribution in [0.1, 0.15) is 31.2 Å². The molecule has 0 spiro atoms. The highest BCUT2D eigenvalue weighted by atomic mass is 35.5. The second-order valence-corrected chi connectivity index (χ2v) is 7.61. The maximum Gasteiger partial charge on any atom is 0.227 e. The quantitative estimate of drug-likeness (QED) is 0.885. The highest BCUT2D eigenvalue weighted by Crippen LogP contribution is 2.25. The Morgan fingerprint density at radius 3 is 2.58 bits per heavy atom. The Morgan fingerprint density at radius 1 is 1.12 bits per heavy atom. The molecule has 4 nitrogen and oxygen atoms in total. The molecular weight excluding hydrogens is 347 g/mol. The number of nitrogens with zero attached hydrogens (tertiary/aromatic N) is 2. The number of piperidine rings is 1. The molecule has 1 N–H and O–H groups in total. The molecule has 2 atom stereocenters. The first-order valence-corrected chi connectivity index (χ1v) is 9.44. The van der Waals surface area contributed by atoms with Crippen molar-refractivity contribution in [1.29, 1.82) is 0 Å². The topological polar surface area (TPSA) is 43.8 Å². The SMILES string of the molecule is O=C(Cc1ccc(Cl)c(Cl)c1)N1CCCC(O)C1CN1CCCC1. The summed E-state index contributed by atoms with van der Waals surface area (Å²) in [6.07, 6.45) is 3.90. The van der Waals surface area contributed by atoms with E-state index in [2.05, 4.69) is 4.90 Å². The largest absolute Gasteiger partial charge is 0.391 e. The first-order chi connectivity index (χ1) is 11.5. The third-order valence-electron chi connectivity index (χ3n) is 5.05. The molecule has 24 heavy (non-hydrogen) atoms. The Bertz CT molecular complexity index is 590. The minimum absolute atomic E-state index is 0.0522. The molecule has 132 valence electrons. The van der Waals surface area contributed by atoms with Gasteiger partial charge in [-0.2, -0.15) is 0 Å². The van der Waals surface area contributed by atoms with E-state index in [4.69, 9.17) is 23.2 Å². The summed E-state index contributed by atoms with van der Waals surface area (Å²) in [7, 11) is 0. The van der Waals surface area contributed by atoms with Crippen LogP contribution in [0, 0.1) is 0 Å². The van der Waals surface area contributed by atoms with Crippen LogP contribution in [0.4, 0.5) is 0 Å². The van der Waals surface area contributed by atoms with E-state index in [9.17, 15) is 9.90 Å². The van der Waals surface area contributed by atoms with Gasteiger partial charge in [-0.1, -0.05) is 29.3 Å². The number of carbonyl (C=O) groups is 1. The standard InChI is InChI=1S/C18H24Cl2N2O2/c19-14-6-5-13(10-15(14)20)11-18(24)22-9-3-4-17(23)16(22)12-21-7-1-2-8-21/h5-6,10,16-17,23H,1-4,7-9,11-12H2. The Kier molecular flexibility index (Phi) is 6.03. The fraction of sp³-hybridized carbons (Fsp3) is 0.611. The fourth-order valence-corrected chi connectivity index (χ4v) is 4.04. The number of halogens is 2. The summed E-state index contributed by atoms with van der Waals surface area (Å²) in [5.74, 6) is 0.0522. The lowest BCUT2D eigenvalue weighted by Crippen LogP contribution is -2.56. The van der Waals surface area contributed by atoms with Gasteiger partial charge in [-0.05, 0) is 56.5 Å². The summed E-state index contributed by atoms with van der Waals surface area (Å²) in [5.41, 5.74) is 0.856. The Morgan fingerprint density at radius 2 is 1.88 bits per heavy atom. The van der Waals surface area contributed by atoms with Crippen LogP contribution in [0.5, 0.6) is 0 Å². The second-order valence-electron chi connectivity index (χ2n) is 6.80. The molecule has 3 rings (SSSR count). The molecule has 2 saturated heterocycles. The van der Waals surface area contributed by atoms with Gasteiger partial charge in [0.1, 0.15) is 0 Å². The summed E-state index contributed by atoms with van der Waals surface area (Å²) >= 11 is 12.0. The van der Waals surface area contributed by atoms with E-state index in [-0.39, 0.29) is 11.9 Å². The number of hydrogen-bond acceptors (Lipinski definition) is 3. The van der Waals surface area contributed by atoms with Crippen LogP contribution < -0.4 is 0 Å². The number of carbonyl (C=O) groups excluding carboxylic acids is 1. The third kappa shape index (κ3) is 4.23. The zero-order valence-corrected chi connectivity index (χ0v) is 15.3. The van der Waals surface area contributed by atoms with Crippen molar-refractivity contribution >= 4 is 29.1 Å². The van der Waals surface area contributed by atoms with Gasteiger partial charge >= 0.3 is 0 Å². The Balaban J connectivity index is 1.68.